The van der Waals surface area contributed by atoms with E-state index in [1.807, 2.05) is 49.4 Å². The van der Waals surface area contributed by atoms with Gasteiger partial charge in [-0.15, -0.1) is 5.10 Å². The molecule has 0 unspecified atom stereocenters. The molecule has 0 aliphatic carbocycles. The molecule has 0 fully saturated rings. The molecule has 3 rings (SSSR count). The third kappa shape index (κ3) is 2.48. The lowest BCUT2D eigenvalue weighted by Gasteiger charge is -2.06. The van der Waals surface area contributed by atoms with Crippen molar-refractivity contribution < 1.29 is 9.53 Å². The van der Waals surface area contributed by atoms with Crippen LogP contribution in [0.3, 0.4) is 0 Å². The maximum Gasteiger partial charge on any atom is 0.215 e. The molecule has 2 aromatic carbocycles. The molecule has 0 bridgehead atoms. The second kappa shape index (κ2) is 5.81. The van der Waals surface area contributed by atoms with E-state index in [4.69, 9.17) is 4.74 Å². The molecule has 0 atom stereocenters. The Balaban J connectivity index is 2.00. The van der Waals surface area contributed by atoms with Gasteiger partial charge < -0.3 is 4.74 Å². The second-order valence-electron chi connectivity index (χ2n) is 4.83. The lowest BCUT2D eigenvalue weighted by Crippen LogP contribution is -2.05. The summed E-state index contributed by atoms with van der Waals surface area (Å²) in [6.45, 7) is 1.83. The van der Waals surface area contributed by atoms with Gasteiger partial charge in [-0.05, 0) is 19.1 Å². The number of hydrogen-bond donors (Lipinski definition) is 0. The van der Waals surface area contributed by atoms with Crippen LogP contribution in [0, 0.1) is 6.92 Å². The molecule has 0 aliphatic heterocycles. The molecular formula is C17H15N3O2. The van der Waals surface area contributed by atoms with E-state index in [9.17, 15) is 4.79 Å². The lowest BCUT2D eigenvalue weighted by molar-refractivity contribution is 0.103. The van der Waals surface area contributed by atoms with E-state index in [2.05, 4.69) is 10.3 Å². The summed E-state index contributed by atoms with van der Waals surface area (Å²) < 4.78 is 6.85. The van der Waals surface area contributed by atoms with Crippen LogP contribution >= 0.6 is 0 Å². The lowest BCUT2D eigenvalue weighted by atomic mass is 10.1. The van der Waals surface area contributed by atoms with Gasteiger partial charge in [-0.3, -0.25) is 4.79 Å². The fourth-order valence-electron chi connectivity index (χ4n) is 2.25. The minimum atomic E-state index is -0.132. The van der Waals surface area contributed by atoms with Crippen molar-refractivity contribution in [3.8, 4) is 11.4 Å². The van der Waals surface area contributed by atoms with Gasteiger partial charge >= 0.3 is 0 Å². The summed E-state index contributed by atoms with van der Waals surface area (Å²) in [6.07, 6.45) is 0. The average Bonchev–Trinajstić information content (AvgIpc) is 2.96. The highest BCUT2D eigenvalue weighted by Crippen LogP contribution is 2.19. The van der Waals surface area contributed by atoms with E-state index in [0.717, 1.165) is 11.4 Å². The van der Waals surface area contributed by atoms with E-state index in [0.29, 0.717) is 17.0 Å². The number of aromatic nitrogens is 3. The van der Waals surface area contributed by atoms with Gasteiger partial charge in [0.2, 0.25) is 5.78 Å². The maximum absolute atomic E-state index is 12.5. The molecule has 0 amide bonds. The number of ether oxygens (including phenoxy) is 1. The zero-order chi connectivity index (χ0) is 15.5. The zero-order valence-corrected chi connectivity index (χ0v) is 12.4. The van der Waals surface area contributed by atoms with Crippen LogP contribution in [0.5, 0.6) is 5.75 Å². The minimum absolute atomic E-state index is 0.132. The van der Waals surface area contributed by atoms with Crippen molar-refractivity contribution >= 4 is 5.78 Å². The van der Waals surface area contributed by atoms with Crippen LogP contribution < -0.4 is 4.74 Å². The Labute approximate surface area is 128 Å². The molecule has 3 aromatic rings. The van der Waals surface area contributed by atoms with Crippen LogP contribution in [0.4, 0.5) is 0 Å². The normalized spacial score (nSPS) is 10.5. The Morgan fingerprint density at radius 2 is 1.86 bits per heavy atom. The van der Waals surface area contributed by atoms with Gasteiger partial charge in [0.15, 0.2) is 5.69 Å². The molecule has 0 saturated heterocycles. The number of benzene rings is 2. The maximum atomic E-state index is 12.5. The first-order valence-electron chi connectivity index (χ1n) is 6.87. The van der Waals surface area contributed by atoms with Gasteiger partial charge in [-0.25, -0.2) is 4.68 Å². The molecule has 0 spiro atoms. The topological polar surface area (TPSA) is 57.0 Å². The molecule has 110 valence electrons. The van der Waals surface area contributed by atoms with E-state index in [1.165, 1.54) is 0 Å². The molecule has 1 aromatic heterocycles. The highest BCUT2D eigenvalue weighted by molar-refractivity contribution is 6.08. The molecule has 5 nitrogen and oxygen atoms in total. The van der Waals surface area contributed by atoms with E-state index in [1.54, 1.807) is 23.9 Å². The monoisotopic (exact) mass is 293 g/mol. The Morgan fingerprint density at radius 1 is 1.09 bits per heavy atom. The highest BCUT2D eigenvalue weighted by atomic mass is 16.5. The number of carbonyl (C=O) groups excluding carboxylic acids is 1. The predicted octanol–water partition coefficient (Wildman–Crippen LogP) is 2.82. The fourth-order valence-corrected chi connectivity index (χ4v) is 2.25. The molecule has 22 heavy (non-hydrogen) atoms. The van der Waals surface area contributed by atoms with Gasteiger partial charge in [-0.1, -0.05) is 41.6 Å². The number of nitrogens with zero attached hydrogens (tertiary/aromatic N) is 3. The summed E-state index contributed by atoms with van der Waals surface area (Å²) >= 11 is 0. The molecule has 5 heteroatoms. The molecule has 1 heterocycles. The zero-order valence-electron chi connectivity index (χ0n) is 12.4. The summed E-state index contributed by atoms with van der Waals surface area (Å²) in [5.41, 5.74) is 2.45. The SMILES string of the molecule is COc1cccc(-n2nnc(C(=O)c3ccccc3)c2C)c1. The Bertz CT molecular complexity index is 810. The smallest absolute Gasteiger partial charge is 0.215 e. The number of hydrogen-bond acceptors (Lipinski definition) is 4. The Morgan fingerprint density at radius 3 is 2.59 bits per heavy atom. The first-order valence-corrected chi connectivity index (χ1v) is 6.87. The van der Waals surface area contributed by atoms with Crippen LogP contribution in [-0.2, 0) is 0 Å². The quantitative estimate of drug-likeness (QED) is 0.694. The largest absolute Gasteiger partial charge is 0.497 e. The van der Waals surface area contributed by atoms with E-state index < -0.39 is 0 Å². The Hall–Kier alpha value is -2.95. The number of ketones is 1. The molecule has 0 radical (unpaired) electrons. The average molecular weight is 293 g/mol. The van der Waals surface area contributed by atoms with Crippen molar-refractivity contribution in [3.63, 3.8) is 0 Å². The Kier molecular flexibility index (Phi) is 3.70. The van der Waals surface area contributed by atoms with Gasteiger partial charge in [0, 0.05) is 11.6 Å². The second-order valence-corrected chi connectivity index (χ2v) is 4.83. The summed E-state index contributed by atoms with van der Waals surface area (Å²) in [5, 5.41) is 8.14. The van der Waals surface area contributed by atoms with Crippen LogP contribution in [0.2, 0.25) is 0 Å². The molecule has 0 aliphatic rings. The van der Waals surface area contributed by atoms with Crippen molar-refractivity contribution in [1.82, 2.24) is 15.0 Å². The van der Waals surface area contributed by atoms with Crippen LogP contribution in [0.25, 0.3) is 5.69 Å². The van der Waals surface area contributed by atoms with Gasteiger partial charge in [0.05, 0.1) is 18.5 Å². The third-order valence-corrected chi connectivity index (χ3v) is 3.44. The van der Waals surface area contributed by atoms with Crippen LogP contribution in [-0.4, -0.2) is 27.9 Å². The first kappa shape index (κ1) is 14.0. The van der Waals surface area contributed by atoms with Crippen LogP contribution in [0.1, 0.15) is 21.7 Å². The predicted molar refractivity (Wildman–Crippen MR) is 82.5 cm³/mol. The van der Waals surface area contributed by atoms with Crippen molar-refractivity contribution in [1.29, 1.82) is 0 Å². The fraction of sp³-hybridized carbons (Fsp3) is 0.118. The number of carbonyl (C=O) groups is 1. The first-order chi connectivity index (χ1) is 10.7. The van der Waals surface area contributed by atoms with Gasteiger partial charge in [0.25, 0.3) is 0 Å². The van der Waals surface area contributed by atoms with Crippen molar-refractivity contribution in [3.05, 3.63) is 71.5 Å². The highest BCUT2D eigenvalue weighted by Gasteiger charge is 2.18. The molecule has 0 N–H and O–H groups in total. The summed E-state index contributed by atoms with van der Waals surface area (Å²) in [6, 6.07) is 16.5. The van der Waals surface area contributed by atoms with Crippen LogP contribution in [0.15, 0.2) is 54.6 Å². The third-order valence-electron chi connectivity index (χ3n) is 3.44. The molecule has 0 saturated carbocycles. The minimum Gasteiger partial charge on any atom is -0.497 e. The molecular weight excluding hydrogens is 278 g/mol. The van der Waals surface area contributed by atoms with E-state index in [-0.39, 0.29) is 5.78 Å². The van der Waals surface area contributed by atoms with Gasteiger partial charge in [-0.2, -0.15) is 0 Å². The summed E-state index contributed by atoms with van der Waals surface area (Å²) in [7, 11) is 1.61. The van der Waals surface area contributed by atoms with E-state index >= 15 is 0 Å². The summed E-state index contributed by atoms with van der Waals surface area (Å²) in [4.78, 5) is 12.5. The van der Waals surface area contributed by atoms with Crippen molar-refractivity contribution in [2.75, 3.05) is 7.11 Å². The summed E-state index contributed by atoms with van der Waals surface area (Å²) in [5.74, 6) is 0.593. The number of methoxy groups -OCH3 is 1. The van der Waals surface area contributed by atoms with Crippen molar-refractivity contribution in [2.45, 2.75) is 6.92 Å². The van der Waals surface area contributed by atoms with Gasteiger partial charge in [0.1, 0.15) is 5.75 Å². The standard InChI is InChI=1S/C17H15N3O2/c1-12-16(17(21)13-7-4-3-5-8-13)18-19-20(12)14-9-6-10-15(11-14)22-2/h3-11H,1-2H3. The number of rotatable bonds is 4. The van der Waals surface area contributed by atoms with Crippen molar-refractivity contribution in [2.24, 2.45) is 0 Å².